The third-order valence-corrected chi connectivity index (χ3v) is 3.64. The molecule has 0 aliphatic rings. The number of pyridine rings is 1. The average Bonchev–Trinajstić information content (AvgIpc) is 2.95. The number of amides is 1. The van der Waals surface area contributed by atoms with Gasteiger partial charge in [-0.25, -0.2) is 15.0 Å². The van der Waals surface area contributed by atoms with Crippen molar-refractivity contribution in [2.24, 2.45) is 0 Å². The Hall–Kier alpha value is -3.29. The number of aryl methyl sites for hydroxylation is 1. The highest BCUT2D eigenvalue weighted by Gasteiger charge is 2.14. The minimum absolute atomic E-state index is 0.00833. The number of ether oxygens (including phenoxy) is 1. The van der Waals surface area contributed by atoms with Crippen LogP contribution in [0.25, 0.3) is 17.0 Å². The highest BCUT2D eigenvalue weighted by molar-refractivity contribution is 5.91. The molecule has 0 atom stereocenters. The summed E-state index contributed by atoms with van der Waals surface area (Å²) in [6.07, 6.45) is 3.49. The van der Waals surface area contributed by atoms with Crippen LogP contribution in [0.4, 0.5) is 5.95 Å². The van der Waals surface area contributed by atoms with Gasteiger partial charge in [-0.05, 0) is 25.1 Å². The van der Waals surface area contributed by atoms with Crippen molar-refractivity contribution < 1.29 is 14.3 Å². The van der Waals surface area contributed by atoms with Crippen molar-refractivity contribution in [3.05, 3.63) is 42.4 Å². The molecule has 25 heavy (non-hydrogen) atoms. The zero-order chi connectivity index (χ0) is 17.8. The first-order chi connectivity index (χ1) is 12.1. The van der Waals surface area contributed by atoms with E-state index in [1.165, 1.54) is 7.11 Å². The maximum absolute atomic E-state index is 11.9. The van der Waals surface area contributed by atoms with Gasteiger partial charge in [0.05, 0.1) is 30.6 Å². The van der Waals surface area contributed by atoms with Crippen molar-refractivity contribution in [3.8, 4) is 11.4 Å². The fraction of sp³-hybridized carbons (Fsp3) is 0.235. The third kappa shape index (κ3) is 3.63. The monoisotopic (exact) mass is 339 g/mol. The second-order valence-corrected chi connectivity index (χ2v) is 5.36. The van der Waals surface area contributed by atoms with Gasteiger partial charge in [-0.15, -0.1) is 0 Å². The molecule has 0 spiro atoms. The second-order valence-electron chi connectivity index (χ2n) is 5.36. The molecule has 8 nitrogen and oxygen atoms in total. The molecule has 128 valence electrons. The number of carbonyl (C=O) groups excluding carboxylic acids is 2. The van der Waals surface area contributed by atoms with Gasteiger partial charge in [0.25, 0.3) is 0 Å². The van der Waals surface area contributed by atoms with Crippen LogP contribution >= 0.6 is 0 Å². The van der Waals surface area contributed by atoms with E-state index in [-0.39, 0.29) is 24.7 Å². The van der Waals surface area contributed by atoms with Crippen molar-refractivity contribution in [2.75, 3.05) is 12.4 Å². The van der Waals surface area contributed by atoms with Crippen molar-refractivity contribution in [2.45, 2.75) is 19.8 Å². The molecular weight excluding hydrogens is 322 g/mol. The molecule has 0 aromatic carbocycles. The topological polar surface area (TPSA) is 98.5 Å². The first-order valence-electron chi connectivity index (χ1n) is 7.72. The lowest BCUT2D eigenvalue weighted by atomic mass is 10.2. The molecule has 0 saturated carbocycles. The summed E-state index contributed by atoms with van der Waals surface area (Å²) in [5.41, 5.74) is 3.13. The van der Waals surface area contributed by atoms with Crippen LogP contribution in [0, 0.1) is 6.92 Å². The molecule has 1 amide bonds. The number of anilines is 1. The number of fused-ring (bicyclic) bond motifs is 1. The van der Waals surface area contributed by atoms with Gasteiger partial charge < -0.3 is 4.74 Å². The summed E-state index contributed by atoms with van der Waals surface area (Å²) in [6.45, 7) is 1.90. The fourth-order valence-electron chi connectivity index (χ4n) is 2.48. The van der Waals surface area contributed by atoms with Crippen molar-refractivity contribution in [1.29, 1.82) is 0 Å². The Kier molecular flexibility index (Phi) is 4.69. The minimum Gasteiger partial charge on any atom is -0.469 e. The van der Waals surface area contributed by atoms with E-state index in [4.69, 9.17) is 0 Å². The van der Waals surface area contributed by atoms with Crippen LogP contribution in [0.3, 0.4) is 0 Å². The largest absolute Gasteiger partial charge is 0.469 e. The van der Waals surface area contributed by atoms with Crippen LogP contribution in [-0.4, -0.2) is 38.3 Å². The number of hydrogen-bond donors (Lipinski definition) is 1. The minimum atomic E-state index is -0.439. The van der Waals surface area contributed by atoms with Crippen molar-refractivity contribution >= 4 is 23.5 Å². The summed E-state index contributed by atoms with van der Waals surface area (Å²) in [6, 6.07) is 7.49. The second kappa shape index (κ2) is 7.08. The molecule has 0 aliphatic heterocycles. The third-order valence-electron chi connectivity index (χ3n) is 3.64. The Morgan fingerprint density at radius 1 is 1.20 bits per heavy atom. The van der Waals surface area contributed by atoms with Crippen LogP contribution in [0.5, 0.6) is 0 Å². The number of aromatic nitrogens is 4. The molecular formula is C17H17N5O3. The van der Waals surface area contributed by atoms with Gasteiger partial charge in [-0.2, -0.15) is 0 Å². The fourth-order valence-corrected chi connectivity index (χ4v) is 2.48. The molecule has 3 rings (SSSR count). The van der Waals surface area contributed by atoms with Crippen LogP contribution in [0.1, 0.15) is 18.5 Å². The lowest BCUT2D eigenvalue weighted by Gasteiger charge is -2.06. The molecule has 0 saturated heterocycles. The summed E-state index contributed by atoms with van der Waals surface area (Å²) in [4.78, 5) is 35.9. The van der Waals surface area contributed by atoms with E-state index in [0.29, 0.717) is 5.69 Å². The van der Waals surface area contributed by atoms with E-state index in [0.717, 1.165) is 17.0 Å². The molecule has 0 radical (unpaired) electrons. The maximum atomic E-state index is 11.9. The molecule has 0 unspecified atom stereocenters. The smallest absolute Gasteiger partial charge is 0.306 e. The van der Waals surface area contributed by atoms with E-state index < -0.39 is 5.97 Å². The molecule has 8 heteroatoms. The molecule has 0 bridgehead atoms. The predicted molar refractivity (Wildman–Crippen MR) is 90.8 cm³/mol. The Bertz CT molecular complexity index is 935. The van der Waals surface area contributed by atoms with Gasteiger partial charge >= 0.3 is 5.97 Å². The number of methoxy groups -OCH3 is 1. The molecule has 1 N–H and O–H groups in total. The molecule has 0 fully saturated rings. The number of esters is 1. The molecule has 0 aliphatic carbocycles. The van der Waals surface area contributed by atoms with Gasteiger partial charge in [-0.3, -0.25) is 19.3 Å². The van der Waals surface area contributed by atoms with E-state index in [9.17, 15) is 9.59 Å². The summed E-state index contributed by atoms with van der Waals surface area (Å²) >= 11 is 0. The standard InChI is InChI=1S/C17H17N5O3/c1-11-16(22-10-4-3-5-13(22)19-11)12-8-9-18-17(20-12)21-14(23)6-7-15(24)25-2/h3-5,8-10H,6-7H2,1-2H3,(H,18,20,21,23). The van der Waals surface area contributed by atoms with E-state index >= 15 is 0 Å². The lowest BCUT2D eigenvalue weighted by molar-refractivity contribution is -0.141. The summed E-state index contributed by atoms with van der Waals surface area (Å²) < 4.78 is 6.44. The van der Waals surface area contributed by atoms with E-state index in [1.807, 2.05) is 35.7 Å². The lowest BCUT2D eigenvalue weighted by Crippen LogP contribution is -2.16. The Morgan fingerprint density at radius 3 is 2.84 bits per heavy atom. The SMILES string of the molecule is COC(=O)CCC(=O)Nc1nccc(-c2c(C)nc3ccccn23)n1. The Morgan fingerprint density at radius 2 is 2.04 bits per heavy atom. The first-order valence-corrected chi connectivity index (χ1v) is 7.72. The van der Waals surface area contributed by atoms with Crippen LogP contribution in [0.2, 0.25) is 0 Å². The molecule has 3 aromatic rings. The number of nitrogens with one attached hydrogen (secondary N) is 1. The first kappa shape index (κ1) is 16.6. The van der Waals surface area contributed by atoms with Crippen molar-refractivity contribution in [1.82, 2.24) is 19.4 Å². The Balaban J connectivity index is 1.83. The molecule has 3 heterocycles. The van der Waals surface area contributed by atoms with Gasteiger partial charge in [-0.1, -0.05) is 6.07 Å². The Labute approximate surface area is 143 Å². The summed E-state index contributed by atoms with van der Waals surface area (Å²) in [5, 5.41) is 2.59. The zero-order valence-electron chi connectivity index (χ0n) is 13.9. The number of hydrogen-bond acceptors (Lipinski definition) is 6. The number of nitrogens with zero attached hydrogens (tertiary/aromatic N) is 4. The van der Waals surface area contributed by atoms with E-state index in [2.05, 4.69) is 25.0 Å². The summed E-state index contributed by atoms with van der Waals surface area (Å²) in [7, 11) is 1.28. The van der Waals surface area contributed by atoms with Crippen LogP contribution in [0.15, 0.2) is 36.7 Å². The quantitative estimate of drug-likeness (QED) is 0.714. The highest BCUT2D eigenvalue weighted by Crippen LogP contribution is 2.23. The normalized spacial score (nSPS) is 10.6. The molecule has 3 aromatic heterocycles. The van der Waals surface area contributed by atoms with Crippen LogP contribution < -0.4 is 5.32 Å². The summed E-state index contributed by atoms with van der Waals surface area (Å²) in [5.74, 6) is -0.610. The van der Waals surface area contributed by atoms with E-state index in [1.54, 1.807) is 12.3 Å². The van der Waals surface area contributed by atoms with Crippen molar-refractivity contribution in [3.63, 3.8) is 0 Å². The maximum Gasteiger partial charge on any atom is 0.306 e. The number of carbonyl (C=O) groups is 2. The zero-order valence-corrected chi connectivity index (χ0v) is 13.9. The van der Waals surface area contributed by atoms with Gasteiger partial charge in [0, 0.05) is 18.8 Å². The van der Waals surface area contributed by atoms with Gasteiger partial charge in [0.15, 0.2) is 0 Å². The number of rotatable bonds is 5. The predicted octanol–water partition coefficient (Wildman–Crippen LogP) is 1.99. The number of imidazole rings is 1. The average molecular weight is 339 g/mol. The van der Waals surface area contributed by atoms with Crippen LogP contribution in [-0.2, 0) is 14.3 Å². The van der Waals surface area contributed by atoms with Gasteiger partial charge in [0.2, 0.25) is 11.9 Å². The van der Waals surface area contributed by atoms with Gasteiger partial charge in [0.1, 0.15) is 5.65 Å². The highest BCUT2D eigenvalue weighted by atomic mass is 16.5.